The monoisotopic (exact) mass is 233 g/mol. The Morgan fingerprint density at radius 2 is 2.24 bits per heavy atom. The SMILES string of the molecule is CCC1CCCN(c2ccc(CN)nc2)CC1. The lowest BCUT2D eigenvalue weighted by Gasteiger charge is -2.22. The first-order valence-corrected chi connectivity index (χ1v) is 6.73. The van der Waals surface area contributed by atoms with E-state index in [2.05, 4.69) is 22.9 Å². The summed E-state index contributed by atoms with van der Waals surface area (Å²) >= 11 is 0. The van der Waals surface area contributed by atoms with Crippen LogP contribution in [-0.2, 0) is 6.54 Å². The summed E-state index contributed by atoms with van der Waals surface area (Å²) in [7, 11) is 0. The molecule has 2 N–H and O–H groups in total. The Bertz CT molecular complexity index is 334. The Morgan fingerprint density at radius 1 is 1.35 bits per heavy atom. The van der Waals surface area contributed by atoms with Crippen LogP contribution in [0.15, 0.2) is 18.3 Å². The fourth-order valence-corrected chi connectivity index (χ4v) is 2.56. The van der Waals surface area contributed by atoms with Crippen molar-refractivity contribution in [3.05, 3.63) is 24.0 Å². The standard InChI is InChI=1S/C14H23N3/c1-2-12-4-3-8-17(9-7-12)14-6-5-13(10-15)16-11-14/h5-6,11-12H,2-4,7-10,15H2,1H3. The quantitative estimate of drug-likeness (QED) is 0.872. The molecule has 0 saturated carbocycles. The van der Waals surface area contributed by atoms with E-state index < -0.39 is 0 Å². The van der Waals surface area contributed by atoms with Gasteiger partial charge in [-0.3, -0.25) is 4.98 Å². The molecule has 1 aliphatic rings. The Morgan fingerprint density at radius 3 is 2.88 bits per heavy atom. The normalized spacial score (nSPS) is 21.3. The fourth-order valence-electron chi connectivity index (χ4n) is 2.56. The van der Waals surface area contributed by atoms with Crippen molar-refractivity contribution in [1.82, 2.24) is 4.98 Å². The summed E-state index contributed by atoms with van der Waals surface area (Å²) in [5.41, 5.74) is 7.78. The van der Waals surface area contributed by atoms with Crippen molar-refractivity contribution in [3.8, 4) is 0 Å². The van der Waals surface area contributed by atoms with E-state index in [-0.39, 0.29) is 0 Å². The summed E-state index contributed by atoms with van der Waals surface area (Å²) in [6.07, 6.45) is 7.28. The predicted molar refractivity (Wildman–Crippen MR) is 72.0 cm³/mol. The number of hydrogen-bond donors (Lipinski definition) is 1. The fraction of sp³-hybridized carbons (Fsp3) is 0.643. The number of aromatic nitrogens is 1. The van der Waals surface area contributed by atoms with Gasteiger partial charge in [-0.25, -0.2) is 0 Å². The molecule has 0 bridgehead atoms. The molecular formula is C14H23N3. The molecule has 3 nitrogen and oxygen atoms in total. The highest BCUT2D eigenvalue weighted by Crippen LogP contribution is 2.23. The van der Waals surface area contributed by atoms with Gasteiger partial charge >= 0.3 is 0 Å². The van der Waals surface area contributed by atoms with E-state index >= 15 is 0 Å². The maximum Gasteiger partial charge on any atom is 0.0552 e. The van der Waals surface area contributed by atoms with Crippen molar-refractivity contribution in [2.24, 2.45) is 11.7 Å². The topological polar surface area (TPSA) is 42.1 Å². The maximum atomic E-state index is 5.56. The highest BCUT2D eigenvalue weighted by atomic mass is 15.1. The van der Waals surface area contributed by atoms with Crippen molar-refractivity contribution in [3.63, 3.8) is 0 Å². The average molecular weight is 233 g/mol. The molecule has 0 amide bonds. The zero-order valence-electron chi connectivity index (χ0n) is 10.7. The van der Waals surface area contributed by atoms with E-state index in [0.717, 1.165) is 11.6 Å². The maximum absolute atomic E-state index is 5.56. The van der Waals surface area contributed by atoms with Crippen molar-refractivity contribution in [1.29, 1.82) is 0 Å². The van der Waals surface area contributed by atoms with Gasteiger partial charge in [0.05, 0.1) is 17.6 Å². The van der Waals surface area contributed by atoms with Gasteiger partial charge in [-0.1, -0.05) is 13.3 Å². The largest absolute Gasteiger partial charge is 0.370 e. The van der Waals surface area contributed by atoms with Gasteiger partial charge in [-0.05, 0) is 37.3 Å². The van der Waals surface area contributed by atoms with Crippen molar-refractivity contribution in [2.75, 3.05) is 18.0 Å². The van der Waals surface area contributed by atoms with E-state index in [0.29, 0.717) is 6.54 Å². The Labute approximate surface area is 104 Å². The highest BCUT2D eigenvalue weighted by Gasteiger charge is 2.15. The third-order valence-corrected chi connectivity index (χ3v) is 3.81. The van der Waals surface area contributed by atoms with E-state index in [4.69, 9.17) is 5.73 Å². The molecule has 0 radical (unpaired) electrons. The second-order valence-corrected chi connectivity index (χ2v) is 4.90. The average Bonchev–Trinajstić information content (AvgIpc) is 2.64. The zero-order chi connectivity index (χ0) is 12.1. The molecule has 0 aliphatic carbocycles. The molecule has 1 aliphatic heterocycles. The summed E-state index contributed by atoms with van der Waals surface area (Å²) in [6, 6.07) is 4.19. The number of rotatable bonds is 3. The van der Waals surface area contributed by atoms with Gasteiger partial charge in [0.1, 0.15) is 0 Å². The number of hydrogen-bond acceptors (Lipinski definition) is 3. The smallest absolute Gasteiger partial charge is 0.0552 e. The second-order valence-electron chi connectivity index (χ2n) is 4.90. The van der Waals surface area contributed by atoms with E-state index in [9.17, 15) is 0 Å². The predicted octanol–water partition coefficient (Wildman–Crippen LogP) is 2.56. The van der Waals surface area contributed by atoms with Gasteiger partial charge in [0, 0.05) is 19.6 Å². The van der Waals surface area contributed by atoms with Gasteiger partial charge in [0.25, 0.3) is 0 Å². The van der Waals surface area contributed by atoms with Crippen LogP contribution < -0.4 is 10.6 Å². The van der Waals surface area contributed by atoms with Gasteiger partial charge in [0.15, 0.2) is 0 Å². The molecule has 1 unspecified atom stereocenters. The molecular weight excluding hydrogens is 210 g/mol. The molecule has 0 spiro atoms. The molecule has 1 aromatic heterocycles. The van der Waals surface area contributed by atoms with Crippen LogP contribution >= 0.6 is 0 Å². The first-order chi connectivity index (χ1) is 8.33. The lowest BCUT2D eigenvalue weighted by Crippen LogP contribution is -2.24. The van der Waals surface area contributed by atoms with Crippen LogP contribution in [0.3, 0.4) is 0 Å². The third kappa shape index (κ3) is 3.19. The first kappa shape index (κ1) is 12.4. The van der Waals surface area contributed by atoms with Crippen LogP contribution in [0.5, 0.6) is 0 Å². The molecule has 94 valence electrons. The van der Waals surface area contributed by atoms with Crippen LogP contribution in [0.4, 0.5) is 5.69 Å². The summed E-state index contributed by atoms with van der Waals surface area (Å²) in [6.45, 7) is 5.17. The van der Waals surface area contributed by atoms with Gasteiger partial charge in [-0.2, -0.15) is 0 Å². The number of pyridine rings is 1. The first-order valence-electron chi connectivity index (χ1n) is 6.73. The minimum atomic E-state index is 0.526. The summed E-state index contributed by atoms with van der Waals surface area (Å²) < 4.78 is 0. The third-order valence-electron chi connectivity index (χ3n) is 3.81. The van der Waals surface area contributed by atoms with Crippen LogP contribution in [0.1, 0.15) is 38.3 Å². The zero-order valence-corrected chi connectivity index (χ0v) is 10.7. The minimum Gasteiger partial charge on any atom is -0.370 e. The van der Waals surface area contributed by atoms with E-state index in [1.165, 1.54) is 44.5 Å². The summed E-state index contributed by atoms with van der Waals surface area (Å²) in [5.74, 6) is 0.913. The second kappa shape index (κ2) is 6.01. The van der Waals surface area contributed by atoms with Gasteiger partial charge < -0.3 is 10.6 Å². The Hall–Kier alpha value is -1.09. The molecule has 1 fully saturated rings. The van der Waals surface area contributed by atoms with Crippen molar-refractivity contribution in [2.45, 2.75) is 39.2 Å². The molecule has 2 heterocycles. The summed E-state index contributed by atoms with van der Waals surface area (Å²) in [4.78, 5) is 6.84. The molecule has 2 rings (SSSR count). The minimum absolute atomic E-state index is 0.526. The lowest BCUT2D eigenvalue weighted by atomic mass is 9.98. The van der Waals surface area contributed by atoms with Crippen LogP contribution in [0.2, 0.25) is 0 Å². The van der Waals surface area contributed by atoms with Crippen molar-refractivity contribution < 1.29 is 0 Å². The molecule has 17 heavy (non-hydrogen) atoms. The Kier molecular flexibility index (Phi) is 4.37. The van der Waals surface area contributed by atoms with E-state index in [1.54, 1.807) is 0 Å². The van der Waals surface area contributed by atoms with Crippen LogP contribution in [0.25, 0.3) is 0 Å². The van der Waals surface area contributed by atoms with Crippen molar-refractivity contribution >= 4 is 5.69 Å². The van der Waals surface area contributed by atoms with Crippen LogP contribution in [0, 0.1) is 5.92 Å². The summed E-state index contributed by atoms with van der Waals surface area (Å²) in [5, 5.41) is 0. The lowest BCUT2D eigenvalue weighted by molar-refractivity contribution is 0.459. The van der Waals surface area contributed by atoms with Gasteiger partial charge in [0.2, 0.25) is 0 Å². The molecule has 1 aromatic rings. The number of nitrogens with zero attached hydrogens (tertiary/aromatic N) is 2. The van der Waals surface area contributed by atoms with E-state index in [1.807, 2.05) is 12.3 Å². The Balaban J connectivity index is 2.01. The molecule has 3 heteroatoms. The molecule has 1 saturated heterocycles. The molecule has 1 atom stereocenters. The highest BCUT2D eigenvalue weighted by molar-refractivity contribution is 5.44. The van der Waals surface area contributed by atoms with Gasteiger partial charge in [-0.15, -0.1) is 0 Å². The number of anilines is 1. The number of nitrogens with two attached hydrogens (primary N) is 1. The molecule has 0 aromatic carbocycles. The van der Waals surface area contributed by atoms with Crippen LogP contribution in [-0.4, -0.2) is 18.1 Å².